The van der Waals surface area contributed by atoms with Crippen molar-refractivity contribution in [1.29, 1.82) is 0 Å². The summed E-state index contributed by atoms with van der Waals surface area (Å²) in [6, 6.07) is 0. The van der Waals surface area contributed by atoms with E-state index in [9.17, 15) is 19.2 Å². The maximum absolute atomic E-state index is 12.3. The van der Waals surface area contributed by atoms with Gasteiger partial charge >= 0.3 is 23.9 Å². The molecule has 0 aliphatic carbocycles. The molecular formula is C17H28O8S4. The van der Waals surface area contributed by atoms with Crippen LogP contribution in [0.5, 0.6) is 0 Å². The Morgan fingerprint density at radius 2 is 1.03 bits per heavy atom. The molecule has 0 bridgehead atoms. The number of ether oxygens (including phenoxy) is 2. The quantitative estimate of drug-likeness (QED) is 0.125. The minimum atomic E-state index is -1.35. The first kappa shape index (κ1) is 28.3. The number of carboxylic acids is 2. The van der Waals surface area contributed by atoms with Crippen molar-refractivity contribution in [2.24, 2.45) is 0 Å². The Labute approximate surface area is 186 Å². The lowest BCUT2D eigenvalue weighted by molar-refractivity contribution is -0.231. The summed E-state index contributed by atoms with van der Waals surface area (Å²) in [5.74, 6) is -4.80. The Hall–Kier alpha value is -0.720. The van der Waals surface area contributed by atoms with Crippen molar-refractivity contribution in [3.05, 3.63) is 0 Å². The van der Waals surface area contributed by atoms with Crippen molar-refractivity contribution in [3.8, 4) is 0 Å². The van der Waals surface area contributed by atoms with Crippen LogP contribution in [0.1, 0.15) is 52.4 Å². The Kier molecular flexibility index (Phi) is 16.6. The number of hydrogen-bond donors (Lipinski definition) is 2. The lowest BCUT2D eigenvalue weighted by Crippen LogP contribution is -2.41. The Bertz CT molecular complexity index is 484. The molecule has 12 heteroatoms. The topological polar surface area (TPSA) is 127 Å². The summed E-state index contributed by atoms with van der Waals surface area (Å²) in [7, 11) is 4.22. The van der Waals surface area contributed by atoms with Crippen LogP contribution in [-0.4, -0.2) is 62.9 Å². The van der Waals surface area contributed by atoms with Gasteiger partial charge in [0.2, 0.25) is 0 Å². The van der Waals surface area contributed by atoms with E-state index >= 15 is 0 Å². The largest absolute Gasteiger partial charge is 0.481 e. The summed E-state index contributed by atoms with van der Waals surface area (Å²) >= 11 is 0. The normalized spacial score (nSPS) is 11.1. The fourth-order valence-corrected chi connectivity index (χ4v) is 5.11. The zero-order chi connectivity index (χ0) is 22.1. The molecular weight excluding hydrogens is 460 g/mol. The first-order valence-corrected chi connectivity index (χ1v) is 14.1. The van der Waals surface area contributed by atoms with Crippen molar-refractivity contribution in [2.45, 2.75) is 58.2 Å². The van der Waals surface area contributed by atoms with E-state index in [0.29, 0.717) is 25.7 Å². The van der Waals surface area contributed by atoms with Gasteiger partial charge in [-0.25, -0.2) is 0 Å². The summed E-state index contributed by atoms with van der Waals surface area (Å²) in [6.07, 6.45) is 3.81. The highest BCUT2D eigenvalue weighted by Gasteiger charge is 2.37. The van der Waals surface area contributed by atoms with Gasteiger partial charge in [-0.1, -0.05) is 69.9 Å². The van der Waals surface area contributed by atoms with E-state index in [2.05, 4.69) is 0 Å². The van der Waals surface area contributed by atoms with Gasteiger partial charge in [-0.2, -0.15) is 0 Å². The highest BCUT2D eigenvalue weighted by molar-refractivity contribution is 8.77. The fraction of sp³-hybridized carbons (Fsp3) is 0.765. The third-order valence-corrected chi connectivity index (χ3v) is 7.49. The maximum atomic E-state index is 12.3. The third kappa shape index (κ3) is 15.7. The van der Waals surface area contributed by atoms with Crippen LogP contribution in [0.2, 0.25) is 0 Å². The molecule has 0 radical (unpaired) electrons. The number of esters is 2. The summed E-state index contributed by atoms with van der Waals surface area (Å²) in [4.78, 5) is 45.6. The molecule has 29 heavy (non-hydrogen) atoms. The van der Waals surface area contributed by atoms with Crippen LogP contribution in [0.25, 0.3) is 0 Å². The smallest absolute Gasteiger partial charge is 0.320 e. The number of carboxylic acid groups (broad SMARTS) is 2. The minimum Gasteiger partial charge on any atom is -0.481 e. The van der Waals surface area contributed by atoms with E-state index in [4.69, 9.17) is 19.7 Å². The van der Waals surface area contributed by atoms with Crippen LogP contribution in [0.3, 0.4) is 0 Å². The molecule has 0 amide bonds. The van der Waals surface area contributed by atoms with Crippen molar-refractivity contribution in [3.63, 3.8) is 0 Å². The monoisotopic (exact) mass is 488 g/mol. The predicted octanol–water partition coefficient (Wildman–Crippen LogP) is 4.08. The average molecular weight is 489 g/mol. The second kappa shape index (κ2) is 17.0. The predicted molar refractivity (Wildman–Crippen MR) is 119 cm³/mol. The van der Waals surface area contributed by atoms with Crippen LogP contribution < -0.4 is 0 Å². The molecule has 0 fully saturated rings. The van der Waals surface area contributed by atoms with Crippen molar-refractivity contribution in [2.75, 3.05) is 23.0 Å². The average Bonchev–Trinajstić information content (AvgIpc) is 2.65. The molecule has 0 saturated heterocycles. The molecule has 8 nitrogen and oxygen atoms in total. The Balaban J connectivity index is 4.91. The molecule has 0 saturated carbocycles. The zero-order valence-corrected chi connectivity index (χ0v) is 19.8. The molecule has 0 spiro atoms. The molecule has 0 atom stereocenters. The Morgan fingerprint density at radius 1 is 0.690 bits per heavy atom. The maximum Gasteiger partial charge on any atom is 0.320 e. The lowest BCUT2D eigenvalue weighted by atomic mass is 10.0. The minimum absolute atomic E-state index is 0.0568. The molecule has 0 rings (SSSR count). The van der Waals surface area contributed by atoms with Crippen molar-refractivity contribution >= 4 is 67.1 Å². The van der Waals surface area contributed by atoms with E-state index < -0.39 is 29.7 Å². The summed E-state index contributed by atoms with van der Waals surface area (Å²) in [5, 5.41) is 17.3. The first-order chi connectivity index (χ1) is 13.7. The van der Waals surface area contributed by atoms with E-state index in [0.717, 1.165) is 56.0 Å². The summed E-state index contributed by atoms with van der Waals surface area (Å²) < 4.78 is 11.2. The van der Waals surface area contributed by atoms with Gasteiger partial charge in [0.15, 0.2) is 0 Å². The van der Waals surface area contributed by atoms with E-state index in [1.807, 2.05) is 13.8 Å². The molecule has 0 aromatic carbocycles. The standard InChI is InChI=1S/C17H28O8S4/c1-3-5-7-17(8-6-4-2,24-15(22)11-28-26-9-13(18)19)25-16(23)12-29-27-10-14(20)21/h3-12H2,1-2H3,(H,18,19)(H,20,21). The van der Waals surface area contributed by atoms with Gasteiger partial charge in [0.25, 0.3) is 5.79 Å². The first-order valence-electron chi connectivity index (χ1n) is 9.10. The number of rotatable bonds is 18. The SMILES string of the molecule is CCCCC(CCCC)(OC(=O)CSSCC(=O)O)OC(=O)CSSCC(=O)O. The summed E-state index contributed by atoms with van der Waals surface area (Å²) in [5.41, 5.74) is 0. The highest BCUT2D eigenvalue weighted by atomic mass is 33.1. The second-order valence-electron chi connectivity index (χ2n) is 5.90. The molecule has 0 aliphatic rings. The molecule has 2 N–H and O–H groups in total. The fourth-order valence-electron chi connectivity index (χ4n) is 2.08. The van der Waals surface area contributed by atoms with E-state index in [1.165, 1.54) is 0 Å². The van der Waals surface area contributed by atoms with E-state index in [1.54, 1.807) is 0 Å². The number of unbranched alkanes of at least 4 members (excludes halogenated alkanes) is 2. The lowest BCUT2D eigenvalue weighted by Gasteiger charge is -2.33. The number of hydrogen-bond acceptors (Lipinski definition) is 10. The van der Waals surface area contributed by atoms with Crippen LogP contribution in [0, 0.1) is 0 Å². The molecule has 0 aliphatic heterocycles. The van der Waals surface area contributed by atoms with Gasteiger partial charge in [-0.3, -0.25) is 19.2 Å². The van der Waals surface area contributed by atoms with E-state index in [-0.39, 0.29) is 23.0 Å². The van der Waals surface area contributed by atoms with Gasteiger partial charge in [0, 0.05) is 12.8 Å². The van der Waals surface area contributed by atoms with Crippen LogP contribution in [0.15, 0.2) is 0 Å². The third-order valence-electron chi connectivity index (χ3n) is 3.31. The van der Waals surface area contributed by atoms with Gasteiger partial charge in [-0.05, 0) is 12.8 Å². The molecule has 0 aromatic heterocycles. The van der Waals surface area contributed by atoms with Gasteiger partial charge in [-0.15, -0.1) is 0 Å². The van der Waals surface area contributed by atoms with Gasteiger partial charge in [0.05, 0.1) is 0 Å². The number of aliphatic carboxylic acids is 2. The van der Waals surface area contributed by atoms with Crippen molar-refractivity contribution < 1.29 is 38.9 Å². The van der Waals surface area contributed by atoms with Crippen LogP contribution in [-0.2, 0) is 28.7 Å². The second-order valence-corrected chi connectivity index (χ2v) is 10.8. The molecule has 0 unspecified atom stereocenters. The number of carbonyl (C=O) groups is 4. The van der Waals surface area contributed by atoms with Gasteiger partial charge < -0.3 is 19.7 Å². The highest BCUT2D eigenvalue weighted by Crippen LogP contribution is 2.31. The number of carbonyl (C=O) groups excluding carboxylic acids is 2. The zero-order valence-electron chi connectivity index (χ0n) is 16.5. The molecule has 0 heterocycles. The van der Waals surface area contributed by atoms with Gasteiger partial charge in [0.1, 0.15) is 23.0 Å². The van der Waals surface area contributed by atoms with Crippen LogP contribution in [0.4, 0.5) is 0 Å². The molecule has 0 aromatic rings. The van der Waals surface area contributed by atoms with Crippen LogP contribution >= 0.6 is 43.2 Å². The van der Waals surface area contributed by atoms with Crippen molar-refractivity contribution in [1.82, 2.24) is 0 Å². The molecule has 168 valence electrons. The summed E-state index contributed by atoms with van der Waals surface area (Å²) in [6.45, 7) is 3.95. The Morgan fingerprint density at radius 3 is 1.34 bits per heavy atom.